The number of aryl methyl sites for hydroxylation is 2. The lowest BCUT2D eigenvalue weighted by Crippen LogP contribution is -2.36. The number of rotatable bonds is 6. The molecular weight excluding hydrogens is 378 g/mol. The van der Waals surface area contributed by atoms with Crippen molar-refractivity contribution in [3.05, 3.63) is 82.2 Å². The SMILES string of the molecule is COc1ccc(C(=O)N2CCc3c(c(COCc4ccc(C)cc4)nn3C)C2)cc1. The van der Waals surface area contributed by atoms with Crippen molar-refractivity contribution in [2.75, 3.05) is 13.7 Å². The Balaban J connectivity index is 1.44. The van der Waals surface area contributed by atoms with E-state index >= 15 is 0 Å². The summed E-state index contributed by atoms with van der Waals surface area (Å²) in [5.74, 6) is 0.770. The third-order valence-electron chi connectivity index (χ3n) is 5.58. The summed E-state index contributed by atoms with van der Waals surface area (Å²) in [5.41, 5.74) is 6.24. The van der Waals surface area contributed by atoms with Crippen LogP contribution in [0, 0.1) is 6.92 Å². The molecule has 1 aromatic heterocycles. The second kappa shape index (κ2) is 8.71. The Bertz CT molecular complexity index is 1020. The maximum Gasteiger partial charge on any atom is 0.254 e. The standard InChI is InChI=1S/C24H27N3O3/c1-17-4-6-18(7-5-17)15-30-16-22-21-14-27(13-12-23(21)26(2)25-22)24(28)19-8-10-20(29-3)11-9-19/h4-11H,12-16H2,1-3H3. The van der Waals surface area contributed by atoms with Gasteiger partial charge >= 0.3 is 0 Å². The minimum atomic E-state index is 0.0266. The number of aromatic nitrogens is 2. The number of carbonyl (C=O) groups is 1. The molecule has 0 N–H and O–H groups in total. The lowest BCUT2D eigenvalue weighted by atomic mass is 10.0. The number of hydrogen-bond donors (Lipinski definition) is 0. The molecule has 1 aliphatic rings. The Hall–Kier alpha value is -3.12. The molecule has 6 nitrogen and oxygen atoms in total. The molecule has 2 aromatic carbocycles. The normalized spacial score (nSPS) is 13.2. The molecule has 0 bridgehead atoms. The van der Waals surface area contributed by atoms with Crippen LogP contribution in [-0.4, -0.2) is 34.2 Å². The van der Waals surface area contributed by atoms with Crippen LogP contribution in [0.5, 0.6) is 5.75 Å². The molecule has 0 aliphatic carbocycles. The van der Waals surface area contributed by atoms with Gasteiger partial charge in [0.2, 0.25) is 0 Å². The van der Waals surface area contributed by atoms with Gasteiger partial charge in [-0.05, 0) is 36.8 Å². The van der Waals surface area contributed by atoms with Crippen molar-refractivity contribution in [2.24, 2.45) is 7.05 Å². The highest BCUT2D eigenvalue weighted by atomic mass is 16.5. The predicted octanol–water partition coefficient (Wildman–Crippen LogP) is 3.65. The lowest BCUT2D eigenvalue weighted by Gasteiger charge is -2.28. The van der Waals surface area contributed by atoms with Crippen LogP contribution in [0.25, 0.3) is 0 Å². The zero-order chi connectivity index (χ0) is 21.1. The van der Waals surface area contributed by atoms with Crippen molar-refractivity contribution < 1.29 is 14.3 Å². The third kappa shape index (κ3) is 4.24. The van der Waals surface area contributed by atoms with Gasteiger partial charge in [-0.1, -0.05) is 29.8 Å². The Kier molecular flexibility index (Phi) is 5.86. The molecule has 1 aliphatic heterocycles. The molecule has 4 rings (SSSR count). The fourth-order valence-electron chi connectivity index (χ4n) is 3.82. The van der Waals surface area contributed by atoms with E-state index in [0.29, 0.717) is 31.9 Å². The van der Waals surface area contributed by atoms with Gasteiger partial charge in [0.15, 0.2) is 0 Å². The minimum Gasteiger partial charge on any atom is -0.497 e. The van der Waals surface area contributed by atoms with Gasteiger partial charge in [-0.2, -0.15) is 5.10 Å². The van der Waals surface area contributed by atoms with Crippen molar-refractivity contribution in [2.45, 2.75) is 33.1 Å². The van der Waals surface area contributed by atoms with E-state index in [1.165, 1.54) is 11.3 Å². The van der Waals surface area contributed by atoms with Crippen LogP contribution >= 0.6 is 0 Å². The third-order valence-corrected chi connectivity index (χ3v) is 5.58. The number of fused-ring (bicyclic) bond motifs is 1. The van der Waals surface area contributed by atoms with E-state index in [2.05, 4.69) is 36.3 Å². The average molecular weight is 405 g/mol. The van der Waals surface area contributed by atoms with Gasteiger partial charge < -0.3 is 14.4 Å². The lowest BCUT2D eigenvalue weighted by molar-refractivity contribution is 0.0728. The highest BCUT2D eigenvalue weighted by molar-refractivity contribution is 5.94. The van der Waals surface area contributed by atoms with Gasteiger partial charge in [0.1, 0.15) is 5.75 Å². The maximum absolute atomic E-state index is 13.0. The summed E-state index contributed by atoms with van der Waals surface area (Å²) in [5, 5.41) is 4.66. The zero-order valence-corrected chi connectivity index (χ0v) is 17.7. The molecule has 0 fully saturated rings. The Labute approximate surface area is 177 Å². The molecule has 3 aromatic rings. The van der Waals surface area contributed by atoms with Crippen molar-refractivity contribution in [1.82, 2.24) is 14.7 Å². The number of methoxy groups -OCH3 is 1. The van der Waals surface area contributed by atoms with Crippen LogP contribution in [0.1, 0.15) is 38.4 Å². The molecule has 30 heavy (non-hydrogen) atoms. The van der Waals surface area contributed by atoms with Crippen LogP contribution < -0.4 is 4.74 Å². The maximum atomic E-state index is 13.0. The van der Waals surface area contributed by atoms with Crippen LogP contribution in [0.4, 0.5) is 0 Å². The van der Waals surface area contributed by atoms with E-state index < -0.39 is 0 Å². The summed E-state index contributed by atoms with van der Waals surface area (Å²) in [4.78, 5) is 14.9. The molecule has 0 unspecified atom stereocenters. The summed E-state index contributed by atoms with van der Waals surface area (Å²) in [7, 11) is 3.58. The first-order valence-electron chi connectivity index (χ1n) is 10.2. The summed E-state index contributed by atoms with van der Waals surface area (Å²) >= 11 is 0. The van der Waals surface area contributed by atoms with Gasteiger partial charge in [0, 0.05) is 43.4 Å². The predicted molar refractivity (Wildman–Crippen MR) is 114 cm³/mol. The van der Waals surface area contributed by atoms with E-state index in [4.69, 9.17) is 9.47 Å². The molecular formula is C24H27N3O3. The van der Waals surface area contributed by atoms with Gasteiger partial charge in [-0.25, -0.2) is 0 Å². The second-order valence-electron chi connectivity index (χ2n) is 7.68. The van der Waals surface area contributed by atoms with Gasteiger partial charge in [0.25, 0.3) is 5.91 Å². The average Bonchev–Trinajstić information content (AvgIpc) is 3.09. The smallest absolute Gasteiger partial charge is 0.254 e. The zero-order valence-electron chi connectivity index (χ0n) is 17.7. The quantitative estimate of drug-likeness (QED) is 0.628. The van der Waals surface area contributed by atoms with Gasteiger partial charge in [-0.3, -0.25) is 9.48 Å². The van der Waals surface area contributed by atoms with E-state index in [1.54, 1.807) is 7.11 Å². The van der Waals surface area contributed by atoms with Crippen molar-refractivity contribution >= 4 is 5.91 Å². The first-order chi connectivity index (χ1) is 14.5. The van der Waals surface area contributed by atoms with Gasteiger partial charge in [-0.15, -0.1) is 0 Å². The Morgan fingerprint density at radius 2 is 1.80 bits per heavy atom. The summed E-state index contributed by atoms with van der Waals surface area (Å²) in [6.07, 6.45) is 0.790. The highest BCUT2D eigenvalue weighted by Crippen LogP contribution is 2.25. The number of ether oxygens (including phenoxy) is 2. The fraction of sp³-hybridized carbons (Fsp3) is 0.333. The summed E-state index contributed by atoms with van der Waals surface area (Å²) in [6.45, 7) is 4.28. The van der Waals surface area contributed by atoms with Gasteiger partial charge in [0.05, 0.1) is 26.0 Å². The van der Waals surface area contributed by atoms with E-state index in [9.17, 15) is 4.79 Å². The molecule has 1 amide bonds. The number of benzene rings is 2. The van der Waals surface area contributed by atoms with E-state index in [1.807, 2.05) is 40.9 Å². The summed E-state index contributed by atoms with van der Waals surface area (Å²) in [6, 6.07) is 15.6. The number of hydrogen-bond acceptors (Lipinski definition) is 4. The summed E-state index contributed by atoms with van der Waals surface area (Å²) < 4.78 is 13.0. The highest BCUT2D eigenvalue weighted by Gasteiger charge is 2.27. The molecule has 156 valence electrons. The Morgan fingerprint density at radius 1 is 1.07 bits per heavy atom. The molecule has 0 radical (unpaired) electrons. The van der Waals surface area contributed by atoms with Crippen LogP contribution in [-0.2, 0) is 38.0 Å². The fourth-order valence-corrected chi connectivity index (χ4v) is 3.82. The van der Waals surface area contributed by atoms with E-state index in [-0.39, 0.29) is 5.91 Å². The number of amides is 1. The molecule has 6 heteroatoms. The van der Waals surface area contributed by atoms with Crippen LogP contribution in [0.15, 0.2) is 48.5 Å². The second-order valence-corrected chi connectivity index (χ2v) is 7.68. The van der Waals surface area contributed by atoms with Crippen LogP contribution in [0.2, 0.25) is 0 Å². The number of nitrogens with zero attached hydrogens (tertiary/aromatic N) is 3. The molecule has 0 saturated heterocycles. The monoisotopic (exact) mass is 405 g/mol. The molecule has 0 spiro atoms. The Morgan fingerprint density at radius 3 is 2.50 bits per heavy atom. The first-order valence-corrected chi connectivity index (χ1v) is 10.2. The first kappa shape index (κ1) is 20.2. The largest absolute Gasteiger partial charge is 0.497 e. The minimum absolute atomic E-state index is 0.0266. The van der Waals surface area contributed by atoms with Crippen molar-refractivity contribution in [3.8, 4) is 5.75 Å². The molecule has 0 atom stereocenters. The topological polar surface area (TPSA) is 56.6 Å². The number of carbonyl (C=O) groups excluding carboxylic acids is 1. The van der Waals surface area contributed by atoms with Crippen molar-refractivity contribution in [1.29, 1.82) is 0 Å². The van der Waals surface area contributed by atoms with Crippen LogP contribution in [0.3, 0.4) is 0 Å². The molecule has 2 heterocycles. The van der Waals surface area contributed by atoms with Crippen molar-refractivity contribution in [3.63, 3.8) is 0 Å². The van der Waals surface area contributed by atoms with E-state index in [0.717, 1.165) is 29.0 Å². The molecule has 0 saturated carbocycles.